The zero-order chi connectivity index (χ0) is 12.6. The maximum atomic E-state index is 13.3. The Kier molecular flexibility index (Phi) is 3.11. The van der Waals surface area contributed by atoms with Crippen molar-refractivity contribution in [2.24, 2.45) is 0 Å². The third-order valence-electron chi connectivity index (χ3n) is 3.37. The molecule has 0 aliphatic carbocycles. The van der Waals surface area contributed by atoms with E-state index < -0.39 is 5.92 Å². The van der Waals surface area contributed by atoms with Crippen molar-refractivity contribution in [3.05, 3.63) is 29.3 Å². The van der Waals surface area contributed by atoms with E-state index in [1.807, 2.05) is 6.07 Å². The summed E-state index contributed by atoms with van der Waals surface area (Å²) < 4.78 is 26.7. The van der Waals surface area contributed by atoms with Crippen molar-refractivity contribution in [2.45, 2.75) is 45.6 Å². The molecule has 1 aliphatic rings. The van der Waals surface area contributed by atoms with Crippen molar-refractivity contribution in [1.82, 2.24) is 0 Å². The topological polar surface area (TPSA) is 3.24 Å². The summed E-state index contributed by atoms with van der Waals surface area (Å²) in [5.74, 6) is -2.75. The lowest BCUT2D eigenvalue weighted by Crippen LogP contribution is -2.35. The van der Waals surface area contributed by atoms with Gasteiger partial charge in [0.15, 0.2) is 0 Å². The van der Waals surface area contributed by atoms with Gasteiger partial charge in [0, 0.05) is 30.8 Å². The monoisotopic (exact) mass is 239 g/mol. The first-order valence-corrected chi connectivity index (χ1v) is 6.17. The van der Waals surface area contributed by atoms with Crippen LogP contribution in [0.25, 0.3) is 0 Å². The molecule has 0 bridgehead atoms. The van der Waals surface area contributed by atoms with Gasteiger partial charge in [0.25, 0.3) is 5.92 Å². The van der Waals surface area contributed by atoms with E-state index in [0.717, 1.165) is 32.0 Å². The van der Waals surface area contributed by atoms with Gasteiger partial charge in [-0.05, 0) is 38.3 Å². The predicted molar refractivity (Wildman–Crippen MR) is 66.8 cm³/mol. The summed E-state index contributed by atoms with van der Waals surface area (Å²) in [7, 11) is 0. The molecule has 0 unspecified atom stereocenters. The second-order valence-corrected chi connectivity index (χ2v) is 5.12. The zero-order valence-electron chi connectivity index (χ0n) is 10.6. The molecule has 17 heavy (non-hydrogen) atoms. The van der Waals surface area contributed by atoms with Crippen LogP contribution in [-0.4, -0.2) is 12.6 Å². The highest BCUT2D eigenvalue weighted by molar-refractivity contribution is 5.58. The predicted octanol–water partition coefficient (Wildman–Crippen LogP) is 3.96. The fourth-order valence-electron chi connectivity index (χ4n) is 2.41. The molecule has 1 heterocycles. The molecule has 0 fully saturated rings. The smallest absolute Gasteiger partial charge is 0.270 e. The number of anilines is 1. The first-order valence-electron chi connectivity index (χ1n) is 6.17. The highest BCUT2D eigenvalue weighted by atomic mass is 19.3. The van der Waals surface area contributed by atoms with E-state index in [0.29, 0.717) is 6.04 Å². The number of hydrogen-bond acceptors (Lipinski definition) is 1. The van der Waals surface area contributed by atoms with Gasteiger partial charge in [-0.2, -0.15) is 0 Å². The normalized spacial score (nSPS) is 16.2. The van der Waals surface area contributed by atoms with Gasteiger partial charge in [0.2, 0.25) is 0 Å². The van der Waals surface area contributed by atoms with E-state index in [2.05, 4.69) is 18.7 Å². The summed E-state index contributed by atoms with van der Waals surface area (Å²) in [6.07, 6.45) is 2.10. The van der Waals surface area contributed by atoms with Crippen LogP contribution < -0.4 is 4.90 Å². The van der Waals surface area contributed by atoms with Crippen LogP contribution in [0, 0.1) is 0 Å². The quantitative estimate of drug-likeness (QED) is 0.755. The number of fused-ring (bicyclic) bond motifs is 1. The molecule has 94 valence electrons. The van der Waals surface area contributed by atoms with E-state index in [4.69, 9.17) is 0 Å². The Balaban J connectivity index is 2.44. The molecule has 0 atom stereocenters. The van der Waals surface area contributed by atoms with Gasteiger partial charge in [-0.25, -0.2) is 8.78 Å². The minimum Gasteiger partial charge on any atom is -0.369 e. The van der Waals surface area contributed by atoms with Crippen LogP contribution in [0.4, 0.5) is 14.5 Å². The summed E-state index contributed by atoms with van der Waals surface area (Å²) >= 11 is 0. The second-order valence-electron chi connectivity index (χ2n) is 5.12. The standard InChI is InChI=1S/C14H19F2N/c1-10(2)17-8-4-5-11-6-7-12(9-13(11)17)14(3,15)16/h6-7,9-10H,4-5,8H2,1-3H3. The van der Waals surface area contributed by atoms with Crippen molar-refractivity contribution < 1.29 is 8.78 Å². The van der Waals surface area contributed by atoms with Gasteiger partial charge >= 0.3 is 0 Å². The SMILES string of the molecule is CC(C)N1CCCc2ccc(C(C)(F)F)cc21. The molecule has 0 saturated carbocycles. The van der Waals surface area contributed by atoms with Crippen molar-refractivity contribution in [1.29, 1.82) is 0 Å². The van der Waals surface area contributed by atoms with Crippen molar-refractivity contribution >= 4 is 5.69 Å². The first-order chi connectivity index (χ1) is 7.89. The van der Waals surface area contributed by atoms with Crippen molar-refractivity contribution in [3.8, 4) is 0 Å². The molecule has 1 aromatic carbocycles. The van der Waals surface area contributed by atoms with E-state index in [-0.39, 0.29) is 5.56 Å². The second kappa shape index (κ2) is 4.28. The van der Waals surface area contributed by atoms with Gasteiger partial charge in [0.1, 0.15) is 0 Å². The van der Waals surface area contributed by atoms with Gasteiger partial charge in [0.05, 0.1) is 0 Å². The fraction of sp³-hybridized carbons (Fsp3) is 0.571. The van der Waals surface area contributed by atoms with Crippen LogP contribution in [0.1, 0.15) is 38.3 Å². The average Bonchev–Trinajstić information content (AvgIpc) is 2.26. The first kappa shape index (κ1) is 12.3. The summed E-state index contributed by atoms with van der Waals surface area (Å²) in [4.78, 5) is 2.22. The lowest BCUT2D eigenvalue weighted by Gasteiger charge is -2.35. The van der Waals surface area contributed by atoms with Crippen molar-refractivity contribution in [2.75, 3.05) is 11.4 Å². The number of benzene rings is 1. The third kappa shape index (κ3) is 2.43. The van der Waals surface area contributed by atoms with Gasteiger partial charge in [-0.1, -0.05) is 12.1 Å². The molecular formula is C14H19F2N. The lowest BCUT2D eigenvalue weighted by molar-refractivity contribution is 0.0175. The molecular weight excluding hydrogens is 220 g/mol. The Bertz CT molecular complexity index is 407. The number of hydrogen-bond donors (Lipinski definition) is 0. The summed E-state index contributed by atoms with van der Waals surface area (Å²) in [5.41, 5.74) is 2.30. The summed E-state index contributed by atoms with van der Waals surface area (Å²) in [5, 5.41) is 0. The summed E-state index contributed by atoms with van der Waals surface area (Å²) in [6, 6.07) is 5.43. The van der Waals surface area contributed by atoms with E-state index >= 15 is 0 Å². The molecule has 0 N–H and O–H groups in total. The zero-order valence-corrected chi connectivity index (χ0v) is 10.6. The number of alkyl halides is 2. The van der Waals surface area contributed by atoms with Crippen LogP contribution in [0.5, 0.6) is 0 Å². The molecule has 1 aromatic rings. The molecule has 0 radical (unpaired) electrons. The Morgan fingerprint density at radius 3 is 2.59 bits per heavy atom. The van der Waals surface area contributed by atoms with Crippen LogP contribution in [0.15, 0.2) is 18.2 Å². The lowest BCUT2D eigenvalue weighted by atomic mass is 9.97. The molecule has 0 amide bonds. The third-order valence-corrected chi connectivity index (χ3v) is 3.37. The molecule has 3 heteroatoms. The number of nitrogens with zero attached hydrogens (tertiary/aromatic N) is 1. The minimum atomic E-state index is -2.75. The van der Waals surface area contributed by atoms with Crippen LogP contribution in [0.3, 0.4) is 0 Å². The van der Waals surface area contributed by atoms with E-state index in [1.54, 1.807) is 12.1 Å². The van der Waals surface area contributed by atoms with Gasteiger partial charge < -0.3 is 4.90 Å². The molecule has 1 aliphatic heterocycles. The fourth-order valence-corrected chi connectivity index (χ4v) is 2.41. The van der Waals surface area contributed by atoms with Gasteiger partial charge in [-0.15, -0.1) is 0 Å². The van der Waals surface area contributed by atoms with Crippen molar-refractivity contribution in [3.63, 3.8) is 0 Å². The average molecular weight is 239 g/mol. The highest BCUT2D eigenvalue weighted by Gasteiger charge is 2.27. The maximum absolute atomic E-state index is 13.3. The van der Waals surface area contributed by atoms with Crippen LogP contribution >= 0.6 is 0 Å². The maximum Gasteiger partial charge on any atom is 0.270 e. The molecule has 2 rings (SSSR count). The number of halogens is 2. The Morgan fingerprint density at radius 1 is 1.29 bits per heavy atom. The largest absolute Gasteiger partial charge is 0.369 e. The van der Waals surface area contributed by atoms with E-state index in [1.165, 1.54) is 5.56 Å². The van der Waals surface area contributed by atoms with Gasteiger partial charge in [-0.3, -0.25) is 0 Å². The number of aryl methyl sites for hydroxylation is 1. The summed E-state index contributed by atoms with van der Waals surface area (Å²) in [6.45, 7) is 6.12. The Hall–Kier alpha value is -1.12. The number of rotatable bonds is 2. The minimum absolute atomic E-state index is 0.115. The Morgan fingerprint density at radius 2 is 2.00 bits per heavy atom. The Labute approximate surface area is 101 Å². The molecule has 0 aromatic heterocycles. The highest BCUT2D eigenvalue weighted by Crippen LogP contribution is 2.35. The van der Waals surface area contributed by atoms with Crippen LogP contribution in [-0.2, 0) is 12.3 Å². The molecule has 1 nitrogen and oxygen atoms in total. The van der Waals surface area contributed by atoms with E-state index in [9.17, 15) is 8.78 Å². The van der Waals surface area contributed by atoms with Crippen LogP contribution in [0.2, 0.25) is 0 Å². The molecule has 0 spiro atoms. The molecule has 0 saturated heterocycles.